The Labute approximate surface area is 133 Å². The quantitative estimate of drug-likeness (QED) is 0.780. The summed E-state index contributed by atoms with van der Waals surface area (Å²) in [7, 11) is 0. The topological polar surface area (TPSA) is 57.3 Å². The zero-order valence-corrected chi connectivity index (χ0v) is 13.9. The van der Waals surface area contributed by atoms with Gasteiger partial charge in [-0.25, -0.2) is 4.79 Å². The highest BCUT2D eigenvalue weighted by atomic mass is 127. The average molecular weight is 388 g/mol. The van der Waals surface area contributed by atoms with E-state index in [4.69, 9.17) is 0 Å². The summed E-state index contributed by atoms with van der Waals surface area (Å²) in [6.07, 6.45) is 5.93. The number of anilines is 1. The smallest absolute Gasteiger partial charge is 0.319 e. The van der Waals surface area contributed by atoms with Crippen molar-refractivity contribution in [3.8, 4) is 0 Å². The Morgan fingerprint density at radius 2 is 2.25 bits per heavy atom. The molecule has 0 unspecified atom stereocenters. The fraction of sp³-hybridized carbons (Fsp3) is 0.571. The number of nitrogens with one attached hydrogen (secondary N) is 2. The van der Waals surface area contributed by atoms with Crippen LogP contribution >= 0.6 is 22.6 Å². The van der Waals surface area contributed by atoms with E-state index in [0.717, 1.165) is 34.8 Å². The lowest BCUT2D eigenvalue weighted by atomic mass is 9.99. The molecule has 0 bridgehead atoms. The van der Waals surface area contributed by atoms with Crippen molar-refractivity contribution in [1.29, 1.82) is 0 Å². The SMILES string of the molecule is CC1CCN(CCNC(=O)Nc2ccncc2I)CC1. The first-order valence-corrected chi connectivity index (χ1v) is 8.10. The number of hydrogen-bond donors (Lipinski definition) is 2. The molecule has 0 spiro atoms. The van der Waals surface area contributed by atoms with Crippen molar-refractivity contribution in [3.63, 3.8) is 0 Å². The first-order valence-electron chi connectivity index (χ1n) is 7.02. The molecule has 1 aromatic heterocycles. The molecule has 0 aromatic carbocycles. The molecule has 0 atom stereocenters. The Bertz CT molecular complexity index is 447. The lowest BCUT2D eigenvalue weighted by Crippen LogP contribution is -2.40. The maximum absolute atomic E-state index is 11.8. The molecule has 1 saturated heterocycles. The second-order valence-corrected chi connectivity index (χ2v) is 6.42. The number of pyridine rings is 1. The Morgan fingerprint density at radius 3 is 2.95 bits per heavy atom. The Morgan fingerprint density at radius 1 is 1.50 bits per heavy atom. The van der Waals surface area contributed by atoms with Gasteiger partial charge < -0.3 is 15.5 Å². The van der Waals surface area contributed by atoms with Gasteiger partial charge in [-0.2, -0.15) is 0 Å². The molecule has 2 N–H and O–H groups in total. The highest BCUT2D eigenvalue weighted by Crippen LogP contribution is 2.16. The van der Waals surface area contributed by atoms with Crippen molar-refractivity contribution in [1.82, 2.24) is 15.2 Å². The fourth-order valence-electron chi connectivity index (χ4n) is 2.26. The van der Waals surface area contributed by atoms with Crippen LogP contribution in [0.2, 0.25) is 0 Å². The predicted molar refractivity (Wildman–Crippen MR) is 88.8 cm³/mol. The molecule has 1 aromatic rings. The molecule has 5 nitrogen and oxygen atoms in total. The minimum Gasteiger partial charge on any atom is -0.337 e. The van der Waals surface area contributed by atoms with Crippen LogP contribution in [0.1, 0.15) is 19.8 Å². The first kappa shape index (κ1) is 15.5. The molecule has 0 aliphatic carbocycles. The summed E-state index contributed by atoms with van der Waals surface area (Å²) in [6.45, 7) is 6.20. The molecular formula is C14H21IN4O. The summed E-state index contributed by atoms with van der Waals surface area (Å²) in [4.78, 5) is 18.2. The van der Waals surface area contributed by atoms with E-state index >= 15 is 0 Å². The number of amides is 2. The largest absolute Gasteiger partial charge is 0.337 e. The summed E-state index contributed by atoms with van der Waals surface area (Å²) in [6, 6.07) is 1.65. The van der Waals surface area contributed by atoms with Gasteiger partial charge in [-0.1, -0.05) is 6.92 Å². The van der Waals surface area contributed by atoms with Crippen LogP contribution in [0.3, 0.4) is 0 Å². The van der Waals surface area contributed by atoms with E-state index in [9.17, 15) is 4.79 Å². The Kier molecular flexibility index (Phi) is 6.03. The lowest BCUT2D eigenvalue weighted by Gasteiger charge is -2.30. The highest BCUT2D eigenvalue weighted by Gasteiger charge is 2.15. The molecule has 6 heteroatoms. The number of rotatable bonds is 4. The molecule has 110 valence electrons. The fourth-order valence-corrected chi connectivity index (χ4v) is 2.73. The zero-order chi connectivity index (χ0) is 14.4. The van der Waals surface area contributed by atoms with E-state index < -0.39 is 0 Å². The Hall–Kier alpha value is -0.890. The van der Waals surface area contributed by atoms with Gasteiger partial charge in [-0.15, -0.1) is 0 Å². The summed E-state index contributed by atoms with van der Waals surface area (Å²) >= 11 is 2.16. The van der Waals surface area contributed by atoms with E-state index in [2.05, 4.69) is 50.0 Å². The highest BCUT2D eigenvalue weighted by molar-refractivity contribution is 14.1. The second-order valence-electron chi connectivity index (χ2n) is 5.26. The van der Waals surface area contributed by atoms with Crippen molar-refractivity contribution in [2.75, 3.05) is 31.5 Å². The van der Waals surface area contributed by atoms with Crippen molar-refractivity contribution < 1.29 is 4.79 Å². The summed E-state index contributed by atoms with van der Waals surface area (Å²) in [5, 5.41) is 5.74. The number of carbonyl (C=O) groups is 1. The van der Waals surface area contributed by atoms with Gasteiger partial charge in [0.05, 0.1) is 9.26 Å². The van der Waals surface area contributed by atoms with E-state index in [1.54, 1.807) is 18.5 Å². The van der Waals surface area contributed by atoms with Gasteiger partial charge in [0.15, 0.2) is 0 Å². The van der Waals surface area contributed by atoms with Crippen LogP contribution in [0.15, 0.2) is 18.5 Å². The first-order chi connectivity index (χ1) is 9.65. The molecule has 2 rings (SSSR count). The average Bonchev–Trinajstić information content (AvgIpc) is 2.44. The van der Waals surface area contributed by atoms with Crippen LogP contribution in [-0.2, 0) is 0 Å². The van der Waals surface area contributed by atoms with E-state index in [0.29, 0.717) is 6.54 Å². The molecule has 1 fully saturated rings. The van der Waals surface area contributed by atoms with E-state index in [1.807, 2.05) is 0 Å². The maximum atomic E-state index is 11.8. The van der Waals surface area contributed by atoms with Gasteiger partial charge >= 0.3 is 6.03 Å². The second kappa shape index (κ2) is 7.78. The van der Waals surface area contributed by atoms with E-state index in [-0.39, 0.29) is 6.03 Å². The molecule has 1 aliphatic heterocycles. The number of halogens is 1. The molecule has 2 heterocycles. The Balaban J connectivity index is 1.67. The van der Waals surface area contributed by atoms with Crippen molar-refractivity contribution in [2.45, 2.75) is 19.8 Å². The van der Waals surface area contributed by atoms with Crippen molar-refractivity contribution in [3.05, 3.63) is 22.0 Å². The summed E-state index contributed by atoms with van der Waals surface area (Å²) in [5.74, 6) is 0.844. The normalized spacial score (nSPS) is 16.9. The van der Waals surface area contributed by atoms with Gasteiger partial charge in [0.2, 0.25) is 0 Å². The van der Waals surface area contributed by atoms with Crippen molar-refractivity contribution >= 4 is 34.3 Å². The monoisotopic (exact) mass is 388 g/mol. The molecule has 0 saturated carbocycles. The molecule has 1 aliphatic rings. The van der Waals surface area contributed by atoms with Gasteiger partial charge in [-0.3, -0.25) is 4.98 Å². The third-order valence-electron chi connectivity index (χ3n) is 3.61. The number of carbonyl (C=O) groups excluding carboxylic acids is 1. The van der Waals surface area contributed by atoms with Crippen LogP contribution in [0.5, 0.6) is 0 Å². The molecule has 20 heavy (non-hydrogen) atoms. The number of piperidine rings is 1. The van der Waals surface area contributed by atoms with Crippen LogP contribution in [-0.4, -0.2) is 42.1 Å². The number of urea groups is 1. The number of nitrogens with zero attached hydrogens (tertiary/aromatic N) is 2. The minimum absolute atomic E-state index is 0.153. The van der Waals surface area contributed by atoms with Gasteiger partial charge in [0.1, 0.15) is 0 Å². The third kappa shape index (κ3) is 4.90. The zero-order valence-electron chi connectivity index (χ0n) is 11.7. The summed E-state index contributed by atoms with van der Waals surface area (Å²) < 4.78 is 0.935. The molecular weight excluding hydrogens is 367 g/mol. The van der Waals surface area contributed by atoms with Crippen molar-refractivity contribution in [2.24, 2.45) is 5.92 Å². The number of hydrogen-bond acceptors (Lipinski definition) is 3. The number of aromatic nitrogens is 1. The maximum Gasteiger partial charge on any atom is 0.319 e. The van der Waals surface area contributed by atoms with Gasteiger partial charge in [-0.05, 0) is 60.5 Å². The van der Waals surface area contributed by atoms with Crippen LogP contribution < -0.4 is 10.6 Å². The predicted octanol–water partition coefficient (Wildman–Crippen LogP) is 2.54. The minimum atomic E-state index is -0.153. The summed E-state index contributed by atoms with van der Waals surface area (Å²) in [5.41, 5.74) is 0.796. The van der Waals surface area contributed by atoms with E-state index in [1.165, 1.54) is 12.8 Å². The lowest BCUT2D eigenvalue weighted by molar-refractivity contribution is 0.192. The standard InChI is InChI=1S/C14H21IN4O/c1-11-3-7-19(8-4-11)9-6-17-14(20)18-13-2-5-16-10-12(13)15/h2,5,10-11H,3-4,6-9H2,1H3,(H2,16,17,18,20). The molecule has 2 amide bonds. The van der Waals surface area contributed by atoms with Gasteiger partial charge in [0.25, 0.3) is 0 Å². The van der Waals surface area contributed by atoms with Crippen LogP contribution in [0.25, 0.3) is 0 Å². The molecule has 0 radical (unpaired) electrons. The third-order valence-corrected chi connectivity index (χ3v) is 4.47. The number of likely N-dealkylation sites (tertiary alicyclic amines) is 1. The van der Waals surface area contributed by atoms with Gasteiger partial charge in [0, 0.05) is 25.5 Å². The van der Waals surface area contributed by atoms with Crippen LogP contribution in [0, 0.1) is 9.49 Å². The van der Waals surface area contributed by atoms with Crippen LogP contribution in [0.4, 0.5) is 10.5 Å².